The fourth-order valence-electron chi connectivity index (χ4n) is 2.18. The van der Waals surface area contributed by atoms with Crippen molar-refractivity contribution in [2.24, 2.45) is 0 Å². The maximum Gasteiger partial charge on any atom is 0.237 e. The Hall–Kier alpha value is -0.330. The van der Waals surface area contributed by atoms with Crippen molar-refractivity contribution >= 4 is 27.3 Å². The fourth-order valence-corrected chi connectivity index (χ4v) is 4.06. The Bertz CT molecular complexity index is 371. The minimum absolute atomic E-state index is 0.0512. The summed E-state index contributed by atoms with van der Waals surface area (Å²) in [5.74, 6) is -0.116. The predicted octanol–water partition coefficient (Wildman–Crippen LogP) is 0.404. The number of hydrogen-bond donors (Lipinski definition) is 1. The van der Waals surface area contributed by atoms with Gasteiger partial charge in [0.1, 0.15) is 5.88 Å². The van der Waals surface area contributed by atoms with Gasteiger partial charge in [-0.2, -0.15) is 0 Å². The van der Waals surface area contributed by atoms with Gasteiger partial charge in [-0.05, 0) is 25.7 Å². The summed E-state index contributed by atoms with van der Waals surface area (Å²) >= 11 is 5.56. The van der Waals surface area contributed by atoms with Gasteiger partial charge in [0.2, 0.25) is 5.91 Å². The largest absolute Gasteiger partial charge is 0.396 e. The van der Waals surface area contributed by atoms with Crippen LogP contribution in [-0.2, 0) is 14.6 Å². The number of rotatable bonds is 7. The summed E-state index contributed by atoms with van der Waals surface area (Å²) in [5, 5.41) is 8.69. The van der Waals surface area contributed by atoms with E-state index in [2.05, 4.69) is 0 Å². The number of alkyl halides is 1. The summed E-state index contributed by atoms with van der Waals surface area (Å²) < 4.78 is 22.9. The van der Waals surface area contributed by atoms with Crippen LogP contribution in [0, 0.1) is 0 Å². The second-order valence-corrected chi connectivity index (χ2v) is 7.06. The number of aliphatic hydroxyl groups is 1. The van der Waals surface area contributed by atoms with Gasteiger partial charge < -0.3 is 10.0 Å². The molecule has 0 aliphatic carbocycles. The van der Waals surface area contributed by atoms with E-state index < -0.39 is 9.84 Å². The lowest BCUT2D eigenvalue weighted by molar-refractivity contribution is -0.130. The standard InChI is InChI=1S/C11H20ClNO4S/c12-8-11(15)13(5-2-1-3-6-14)10-4-7-18(16,17)9-10/h10,14H,1-9H2. The monoisotopic (exact) mass is 297 g/mol. The molecule has 1 fully saturated rings. The first-order valence-corrected chi connectivity index (χ1v) is 8.52. The van der Waals surface area contributed by atoms with E-state index in [0.29, 0.717) is 19.4 Å². The lowest BCUT2D eigenvalue weighted by Crippen LogP contribution is -2.42. The Labute approximate surface area is 113 Å². The number of amides is 1. The van der Waals surface area contributed by atoms with E-state index in [0.717, 1.165) is 12.8 Å². The normalized spacial score (nSPS) is 22.0. The van der Waals surface area contributed by atoms with E-state index in [9.17, 15) is 13.2 Å². The zero-order valence-corrected chi connectivity index (χ0v) is 11.9. The molecule has 0 aromatic rings. The number of halogens is 1. The number of aliphatic hydroxyl groups excluding tert-OH is 1. The molecule has 7 heteroatoms. The highest BCUT2D eigenvalue weighted by molar-refractivity contribution is 7.91. The van der Waals surface area contributed by atoms with Crippen molar-refractivity contribution in [3.63, 3.8) is 0 Å². The van der Waals surface area contributed by atoms with Crippen LogP contribution in [0.15, 0.2) is 0 Å². The van der Waals surface area contributed by atoms with Gasteiger partial charge in [-0.15, -0.1) is 11.6 Å². The smallest absolute Gasteiger partial charge is 0.237 e. The molecule has 0 aromatic carbocycles. The summed E-state index contributed by atoms with van der Waals surface area (Å²) in [5.41, 5.74) is 0. The maximum atomic E-state index is 11.7. The fraction of sp³-hybridized carbons (Fsp3) is 0.909. The molecule has 0 radical (unpaired) electrons. The summed E-state index contributed by atoms with van der Waals surface area (Å²) in [4.78, 5) is 13.3. The number of sulfone groups is 1. The van der Waals surface area contributed by atoms with Gasteiger partial charge in [0, 0.05) is 19.2 Å². The molecular formula is C11H20ClNO4S. The third kappa shape index (κ3) is 4.74. The Morgan fingerprint density at radius 2 is 2.06 bits per heavy atom. The molecule has 1 aliphatic rings. The van der Waals surface area contributed by atoms with Crippen LogP contribution in [0.5, 0.6) is 0 Å². The predicted molar refractivity (Wildman–Crippen MR) is 70.4 cm³/mol. The molecule has 106 valence electrons. The number of carbonyl (C=O) groups is 1. The Kier molecular flexibility index (Phi) is 6.38. The molecule has 0 saturated carbocycles. The van der Waals surface area contributed by atoms with Crippen LogP contribution in [-0.4, -0.2) is 60.9 Å². The molecule has 0 spiro atoms. The topological polar surface area (TPSA) is 74.7 Å². The first-order valence-electron chi connectivity index (χ1n) is 6.17. The van der Waals surface area contributed by atoms with E-state index in [1.807, 2.05) is 0 Å². The van der Waals surface area contributed by atoms with Gasteiger partial charge in [0.15, 0.2) is 9.84 Å². The first-order chi connectivity index (χ1) is 8.50. The minimum Gasteiger partial charge on any atom is -0.396 e. The molecule has 18 heavy (non-hydrogen) atoms. The van der Waals surface area contributed by atoms with Gasteiger partial charge in [-0.25, -0.2) is 8.42 Å². The quantitative estimate of drug-likeness (QED) is 0.545. The number of hydrogen-bond acceptors (Lipinski definition) is 4. The van der Waals surface area contributed by atoms with E-state index in [1.54, 1.807) is 4.90 Å². The van der Waals surface area contributed by atoms with Crippen molar-refractivity contribution < 1.29 is 18.3 Å². The van der Waals surface area contributed by atoms with Gasteiger partial charge in [0.05, 0.1) is 11.5 Å². The summed E-state index contributed by atoms with van der Waals surface area (Å²) in [6.45, 7) is 0.660. The summed E-state index contributed by atoms with van der Waals surface area (Å²) in [6.07, 6.45) is 2.79. The first kappa shape index (κ1) is 15.7. The molecule has 1 aliphatic heterocycles. The lowest BCUT2D eigenvalue weighted by atomic mass is 10.2. The average Bonchev–Trinajstić information content (AvgIpc) is 2.68. The lowest BCUT2D eigenvalue weighted by Gasteiger charge is -2.27. The summed E-state index contributed by atoms with van der Waals surface area (Å²) in [7, 11) is -2.99. The maximum absolute atomic E-state index is 11.7. The van der Waals surface area contributed by atoms with Crippen LogP contribution < -0.4 is 0 Å². The van der Waals surface area contributed by atoms with Crippen LogP contribution in [0.25, 0.3) is 0 Å². The molecule has 1 atom stereocenters. The van der Waals surface area contributed by atoms with Gasteiger partial charge in [-0.1, -0.05) is 0 Å². The molecule has 1 saturated heterocycles. The average molecular weight is 298 g/mol. The number of unbranched alkanes of at least 4 members (excludes halogenated alkanes) is 2. The van der Waals surface area contributed by atoms with Crippen LogP contribution in [0.3, 0.4) is 0 Å². The molecule has 5 nitrogen and oxygen atoms in total. The zero-order chi connectivity index (χ0) is 13.6. The number of carbonyl (C=O) groups excluding carboxylic acids is 1. The Morgan fingerprint density at radius 1 is 1.33 bits per heavy atom. The molecule has 0 aromatic heterocycles. The second kappa shape index (κ2) is 7.31. The highest BCUT2D eigenvalue weighted by Gasteiger charge is 2.33. The second-order valence-electron chi connectivity index (χ2n) is 4.56. The van der Waals surface area contributed by atoms with Crippen LogP contribution in [0.2, 0.25) is 0 Å². The van der Waals surface area contributed by atoms with Crippen LogP contribution in [0.4, 0.5) is 0 Å². The van der Waals surface area contributed by atoms with Crippen molar-refractivity contribution in [2.45, 2.75) is 31.7 Å². The van der Waals surface area contributed by atoms with Gasteiger partial charge in [-0.3, -0.25) is 4.79 Å². The third-order valence-corrected chi connectivity index (χ3v) is 5.12. The highest BCUT2D eigenvalue weighted by atomic mass is 35.5. The molecule has 1 N–H and O–H groups in total. The molecule has 1 unspecified atom stereocenters. The molecule has 1 rings (SSSR count). The highest BCUT2D eigenvalue weighted by Crippen LogP contribution is 2.19. The molecule has 0 bridgehead atoms. The van der Waals surface area contributed by atoms with Crippen molar-refractivity contribution in [1.29, 1.82) is 0 Å². The van der Waals surface area contributed by atoms with Gasteiger partial charge >= 0.3 is 0 Å². The molecule has 1 heterocycles. The van der Waals surface area contributed by atoms with E-state index in [-0.39, 0.29) is 35.9 Å². The Balaban J connectivity index is 2.53. The Morgan fingerprint density at radius 3 is 2.56 bits per heavy atom. The van der Waals surface area contributed by atoms with Crippen molar-refractivity contribution in [2.75, 3.05) is 30.5 Å². The van der Waals surface area contributed by atoms with Crippen molar-refractivity contribution in [1.82, 2.24) is 4.90 Å². The summed E-state index contributed by atoms with van der Waals surface area (Å²) in [6, 6.07) is -0.227. The minimum atomic E-state index is -2.99. The van der Waals surface area contributed by atoms with Gasteiger partial charge in [0.25, 0.3) is 0 Å². The van der Waals surface area contributed by atoms with Crippen LogP contribution >= 0.6 is 11.6 Å². The van der Waals surface area contributed by atoms with E-state index >= 15 is 0 Å². The number of nitrogens with zero attached hydrogens (tertiary/aromatic N) is 1. The van der Waals surface area contributed by atoms with E-state index in [4.69, 9.17) is 16.7 Å². The van der Waals surface area contributed by atoms with Crippen molar-refractivity contribution in [3.05, 3.63) is 0 Å². The third-order valence-electron chi connectivity index (χ3n) is 3.14. The van der Waals surface area contributed by atoms with Crippen molar-refractivity contribution in [3.8, 4) is 0 Å². The SMILES string of the molecule is O=C(CCl)N(CCCCCO)C1CCS(=O)(=O)C1. The van der Waals surface area contributed by atoms with E-state index in [1.165, 1.54) is 0 Å². The van der Waals surface area contributed by atoms with Crippen LogP contribution in [0.1, 0.15) is 25.7 Å². The molecular weight excluding hydrogens is 278 g/mol. The zero-order valence-electron chi connectivity index (χ0n) is 10.3. The molecule has 1 amide bonds.